The van der Waals surface area contributed by atoms with Gasteiger partial charge in [-0.25, -0.2) is 14.4 Å². The molecule has 0 unspecified atom stereocenters. The normalized spacial score (nSPS) is 11.7. The van der Waals surface area contributed by atoms with Crippen LogP contribution in [0.5, 0.6) is 5.75 Å². The van der Waals surface area contributed by atoms with Crippen LogP contribution >= 0.6 is 0 Å². The summed E-state index contributed by atoms with van der Waals surface area (Å²) in [4.78, 5) is 23.9. The number of nitrogens with two attached hydrogens (primary N) is 1. The Hall–Kier alpha value is -4.48. The van der Waals surface area contributed by atoms with Crippen LogP contribution in [0.3, 0.4) is 0 Å². The maximum absolute atomic E-state index is 14.3. The number of nitrogens with zero attached hydrogens (tertiary/aromatic N) is 2. The number of phenols is 1. The number of amides is 1. The van der Waals surface area contributed by atoms with Crippen molar-refractivity contribution in [3.63, 3.8) is 0 Å². The number of H-pyrrole nitrogens is 1. The lowest BCUT2D eigenvalue weighted by Crippen LogP contribution is -2.14. The molecule has 0 bridgehead atoms. The summed E-state index contributed by atoms with van der Waals surface area (Å²) in [6.07, 6.45) is 6.62. The second kappa shape index (κ2) is 11.5. The van der Waals surface area contributed by atoms with Crippen molar-refractivity contribution >= 4 is 34.5 Å². The lowest BCUT2D eigenvalue weighted by atomic mass is 10.1. The number of aromatic nitrogens is 3. The molecule has 0 spiro atoms. The first-order chi connectivity index (χ1) is 17.9. The second-order valence-corrected chi connectivity index (χ2v) is 8.39. The highest BCUT2D eigenvalue weighted by molar-refractivity contribution is 6.15. The maximum Gasteiger partial charge on any atom is 0.261 e. The van der Waals surface area contributed by atoms with Crippen LogP contribution in [0.4, 0.5) is 33.0 Å². The number of aliphatic hydroxyl groups excluding tert-OH is 1. The largest absolute Gasteiger partial charge is 0.508 e. The fourth-order valence-corrected chi connectivity index (χ4v) is 3.73. The number of aryl methyl sites for hydroxylation is 2. The Morgan fingerprint density at radius 3 is 2.68 bits per heavy atom. The summed E-state index contributed by atoms with van der Waals surface area (Å²) in [5, 5.41) is 27.2. The average Bonchev–Trinajstić information content (AvgIpc) is 3.36. The van der Waals surface area contributed by atoms with Gasteiger partial charge in [0.25, 0.3) is 5.91 Å². The molecule has 3 heterocycles. The van der Waals surface area contributed by atoms with Crippen LogP contribution in [-0.4, -0.2) is 37.7 Å². The summed E-state index contributed by atoms with van der Waals surface area (Å²) in [5.74, 6) is -0.659. The number of hydrogen-bond donors (Lipinski definition) is 7. The van der Waals surface area contributed by atoms with E-state index in [4.69, 9.17) is 10.8 Å². The van der Waals surface area contributed by atoms with Gasteiger partial charge < -0.3 is 36.9 Å². The van der Waals surface area contributed by atoms with E-state index >= 15 is 0 Å². The van der Waals surface area contributed by atoms with E-state index in [0.717, 1.165) is 24.1 Å². The van der Waals surface area contributed by atoms with Crippen LogP contribution in [0, 0.1) is 12.7 Å². The number of carbonyl (C=O) groups is 1. The molecule has 2 aromatic carbocycles. The topological polar surface area (TPSA) is 161 Å². The highest BCUT2D eigenvalue weighted by atomic mass is 19.1. The Bertz CT molecular complexity index is 1390. The summed E-state index contributed by atoms with van der Waals surface area (Å²) in [6.45, 7) is 2.20. The summed E-state index contributed by atoms with van der Waals surface area (Å²) in [5.41, 5.74) is 9.94. The Morgan fingerprint density at radius 1 is 1.11 bits per heavy atom. The minimum absolute atomic E-state index is 0.0478. The van der Waals surface area contributed by atoms with Crippen LogP contribution in [0.25, 0.3) is 0 Å². The van der Waals surface area contributed by atoms with Gasteiger partial charge in [-0.3, -0.25) is 4.79 Å². The van der Waals surface area contributed by atoms with Gasteiger partial charge in [0.15, 0.2) is 0 Å². The lowest BCUT2D eigenvalue weighted by Gasteiger charge is -2.14. The highest BCUT2D eigenvalue weighted by Crippen LogP contribution is 2.36. The third kappa shape index (κ3) is 6.02. The van der Waals surface area contributed by atoms with Gasteiger partial charge in [-0.2, -0.15) is 0 Å². The number of aromatic amines is 1. The first-order valence-electron chi connectivity index (χ1n) is 11.6. The van der Waals surface area contributed by atoms with Crippen LogP contribution in [0.1, 0.15) is 33.6 Å². The van der Waals surface area contributed by atoms with Gasteiger partial charge in [0, 0.05) is 37.3 Å². The van der Waals surface area contributed by atoms with Gasteiger partial charge in [-0.15, -0.1) is 0 Å². The molecular weight excluding hydrogens is 477 g/mol. The van der Waals surface area contributed by atoms with Crippen molar-refractivity contribution in [3.8, 4) is 5.75 Å². The first-order valence-corrected chi connectivity index (χ1v) is 11.6. The molecule has 192 valence electrons. The van der Waals surface area contributed by atoms with E-state index < -0.39 is 11.7 Å². The molecule has 1 aliphatic heterocycles. The number of phenolic OH excluding ortho intramolecular Hbond substituents is 1. The minimum Gasteiger partial charge on any atom is -0.508 e. The maximum atomic E-state index is 14.3. The third-order valence-electron chi connectivity index (χ3n) is 5.71. The molecule has 37 heavy (non-hydrogen) atoms. The number of rotatable bonds is 6. The van der Waals surface area contributed by atoms with Gasteiger partial charge in [0.1, 0.15) is 22.9 Å². The smallest absolute Gasteiger partial charge is 0.261 e. The molecular formula is C26H28FN7O3. The molecule has 1 aliphatic rings. The van der Waals surface area contributed by atoms with E-state index in [9.17, 15) is 14.3 Å². The molecule has 0 aliphatic carbocycles. The van der Waals surface area contributed by atoms with Gasteiger partial charge in [0.2, 0.25) is 0 Å². The number of nitrogens with one attached hydrogen (secondary N) is 4. The van der Waals surface area contributed by atoms with Crippen molar-refractivity contribution in [2.45, 2.75) is 26.3 Å². The fraction of sp³-hybridized carbons (Fsp3) is 0.192. The van der Waals surface area contributed by atoms with E-state index in [-0.39, 0.29) is 23.6 Å². The lowest BCUT2D eigenvalue weighted by molar-refractivity contribution is 0.102. The second-order valence-electron chi connectivity index (χ2n) is 8.39. The fourth-order valence-electron chi connectivity index (χ4n) is 3.73. The first kappa shape index (κ1) is 25.6. The van der Waals surface area contributed by atoms with Crippen molar-refractivity contribution in [3.05, 3.63) is 83.3 Å². The number of aliphatic hydroxyl groups is 1. The quantitative estimate of drug-likeness (QED) is 0.206. The van der Waals surface area contributed by atoms with E-state index in [1.54, 1.807) is 31.6 Å². The van der Waals surface area contributed by atoms with Gasteiger partial charge in [-0.05, 0) is 55.2 Å². The summed E-state index contributed by atoms with van der Waals surface area (Å²) in [6, 6.07) is 9.53. The summed E-state index contributed by atoms with van der Waals surface area (Å²) < 4.78 is 14.3. The van der Waals surface area contributed by atoms with Crippen molar-refractivity contribution in [2.24, 2.45) is 5.73 Å². The number of imidazole rings is 1. The molecule has 2 aromatic heterocycles. The number of hydrogen-bond acceptors (Lipinski definition) is 8. The number of halogens is 1. The van der Waals surface area contributed by atoms with Crippen molar-refractivity contribution in [2.75, 3.05) is 22.6 Å². The molecule has 0 radical (unpaired) electrons. The molecule has 0 atom stereocenters. The SMILES string of the molecule is Cc1cc(F)c(Nc2ccnc3c2C(=O)Nc2cc(CN)ccc2N3)cc1O.OCCCc1cnc[nH]1. The van der Waals surface area contributed by atoms with Crippen molar-refractivity contribution in [1.29, 1.82) is 0 Å². The molecule has 5 rings (SSSR count). The van der Waals surface area contributed by atoms with Crippen LogP contribution in [0.2, 0.25) is 0 Å². The van der Waals surface area contributed by atoms with Gasteiger partial charge in [-0.1, -0.05) is 6.07 Å². The minimum atomic E-state index is -0.543. The molecule has 4 aromatic rings. The number of carbonyl (C=O) groups excluding carboxylic acids is 1. The Balaban J connectivity index is 0.000000301. The van der Waals surface area contributed by atoms with Crippen molar-refractivity contribution < 1.29 is 19.4 Å². The number of fused-ring (bicyclic) bond motifs is 2. The Morgan fingerprint density at radius 2 is 1.95 bits per heavy atom. The molecule has 0 saturated heterocycles. The monoisotopic (exact) mass is 505 g/mol. The zero-order valence-corrected chi connectivity index (χ0v) is 20.2. The number of anilines is 5. The molecule has 10 nitrogen and oxygen atoms in total. The van der Waals surface area contributed by atoms with E-state index in [1.165, 1.54) is 18.3 Å². The molecule has 1 amide bonds. The number of pyridine rings is 1. The standard InChI is InChI=1S/C20H18FN5O2.C6H10N2O/c1-10-6-12(21)15(8-17(10)27)24-14-4-5-23-19-18(14)20(28)26-16-7-11(9-22)2-3-13(16)25-19;9-3-1-2-6-4-7-5-8-6/h2-8,27H,9,22H2,1H3,(H,26,28)(H2,23,24,25);4-5,9H,1-3H2,(H,7,8). The molecule has 8 N–H and O–H groups in total. The molecule has 0 saturated carbocycles. The molecule has 11 heteroatoms. The Kier molecular flexibility index (Phi) is 7.96. The summed E-state index contributed by atoms with van der Waals surface area (Å²) in [7, 11) is 0. The van der Waals surface area contributed by atoms with Crippen LogP contribution < -0.4 is 21.7 Å². The van der Waals surface area contributed by atoms with E-state index in [1.807, 2.05) is 12.1 Å². The predicted molar refractivity (Wildman–Crippen MR) is 140 cm³/mol. The van der Waals surface area contributed by atoms with Crippen LogP contribution in [-0.2, 0) is 13.0 Å². The van der Waals surface area contributed by atoms with Crippen molar-refractivity contribution in [1.82, 2.24) is 15.0 Å². The van der Waals surface area contributed by atoms with Gasteiger partial charge in [0.05, 0.1) is 29.1 Å². The summed E-state index contributed by atoms with van der Waals surface area (Å²) >= 11 is 0. The Labute approximate surface area is 212 Å². The zero-order valence-electron chi connectivity index (χ0n) is 20.2. The predicted octanol–water partition coefficient (Wildman–Crippen LogP) is 4.08. The average molecular weight is 506 g/mol. The zero-order chi connectivity index (χ0) is 26.4. The number of aromatic hydroxyl groups is 1. The molecule has 0 fully saturated rings. The van der Waals surface area contributed by atoms with Gasteiger partial charge >= 0.3 is 0 Å². The third-order valence-corrected chi connectivity index (χ3v) is 5.71. The number of benzene rings is 2. The highest BCUT2D eigenvalue weighted by Gasteiger charge is 2.24. The van der Waals surface area contributed by atoms with E-state index in [0.29, 0.717) is 35.0 Å². The van der Waals surface area contributed by atoms with E-state index in [2.05, 4.69) is 30.9 Å². The van der Waals surface area contributed by atoms with Crippen LogP contribution in [0.15, 0.2) is 55.1 Å².